The minimum absolute atomic E-state index is 0.147. The summed E-state index contributed by atoms with van der Waals surface area (Å²) in [5.74, 6) is -0.147. The van der Waals surface area contributed by atoms with Gasteiger partial charge in [-0.1, -0.05) is 33.6 Å². The Labute approximate surface area is 131 Å². The summed E-state index contributed by atoms with van der Waals surface area (Å²) in [6.45, 7) is 0. The molecule has 2 aromatic rings. The van der Waals surface area contributed by atoms with E-state index in [2.05, 4.69) is 33.4 Å². The molecule has 3 rings (SSSR count). The second kappa shape index (κ2) is 5.58. The predicted octanol–water partition coefficient (Wildman–Crippen LogP) is 4.84. The van der Waals surface area contributed by atoms with Gasteiger partial charge in [-0.05, 0) is 60.7 Å². The highest BCUT2D eigenvalue weighted by atomic mass is 79.9. The summed E-state index contributed by atoms with van der Waals surface area (Å²) < 4.78 is 0.795. The Morgan fingerprint density at radius 2 is 1.90 bits per heavy atom. The van der Waals surface area contributed by atoms with Gasteiger partial charge in [0.05, 0.1) is 0 Å². The SMILES string of the molecule is O=C(Nc1ccc2c(c1)CCC2)c1cc(Cl)cc(Br)c1. The maximum atomic E-state index is 12.2. The van der Waals surface area contributed by atoms with Crippen molar-refractivity contribution >= 4 is 39.1 Å². The number of fused-ring (bicyclic) bond motifs is 1. The summed E-state index contributed by atoms with van der Waals surface area (Å²) in [6, 6.07) is 11.3. The molecule has 102 valence electrons. The summed E-state index contributed by atoms with van der Waals surface area (Å²) >= 11 is 9.31. The lowest BCUT2D eigenvalue weighted by Gasteiger charge is -2.08. The first kappa shape index (κ1) is 13.7. The van der Waals surface area contributed by atoms with Gasteiger partial charge in [0, 0.05) is 20.7 Å². The normalized spacial score (nSPS) is 13.1. The zero-order chi connectivity index (χ0) is 14.1. The Kier molecular flexibility index (Phi) is 3.81. The molecular weight excluding hydrogens is 338 g/mol. The van der Waals surface area contributed by atoms with Gasteiger partial charge in [-0.2, -0.15) is 0 Å². The van der Waals surface area contributed by atoms with E-state index in [0.29, 0.717) is 10.6 Å². The van der Waals surface area contributed by atoms with Crippen LogP contribution in [0, 0.1) is 0 Å². The number of amides is 1. The maximum absolute atomic E-state index is 12.2. The Hall–Kier alpha value is -1.32. The minimum Gasteiger partial charge on any atom is -0.322 e. The van der Waals surface area contributed by atoms with E-state index in [1.54, 1.807) is 18.2 Å². The fraction of sp³-hybridized carbons (Fsp3) is 0.188. The number of carbonyl (C=O) groups is 1. The van der Waals surface area contributed by atoms with Crippen molar-refractivity contribution in [3.63, 3.8) is 0 Å². The molecule has 0 fully saturated rings. The van der Waals surface area contributed by atoms with Gasteiger partial charge in [-0.15, -0.1) is 0 Å². The molecule has 0 spiro atoms. The molecule has 4 heteroatoms. The first-order valence-electron chi connectivity index (χ1n) is 6.51. The lowest BCUT2D eigenvalue weighted by Crippen LogP contribution is -2.12. The van der Waals surface area contributed by atoms with Crippen LogP contribution in [0.25, 0.3) is 0 Å². The van der Waals surface area contributed by atoms with Crippen molar-refractivity contribution in [1.82, 2.24) is 0 Å². The highest BCUT2D eigenvalue weighted by Crippen LogP contribution is 2.26. The molecule has 20 heavy (non-hydrogen) atoms. The number of carbonyl (C=O) groups excluding carboxylic acids is 1. The molecule has 0 radical (unpaired) electrons. The number of aryl methyl sites for hydroxylation is 2. The smallest absolute Gasteiger partial charge is 0.255 e. The standard InChI is InChI=1S/C16H13BrClNO/c17-13-6-12(7-14(18)9-13)16(20)19-15-5-4-10-2-1-3-11(10)8-15/h4-9H,1-3H2,(H,19,20). The number of rotatable bonds is 2. The van der Waals surface area contributed by atoms with Crippen LogP contribution in [0.15, 0.2) is 40.9 Å². The van der Waals surface area contributed by atoms with Gasteiger partial charge in [0.15, 0.2) is 0 Å². The maximum Gasteiger partial charge on any atom is 0.255 e. The Morgan fingerprint density at radius 1 is 1.10 bits per heavy atom. The van der Waals surface area contributed by atoms with E-state index in [1.165, 1.54) is 17.5 Å². The molecule has 0 aromatic heterocycles. The van der Waals surface area contributed by atoms with Gasteiger partial charge in [0.2, 0.25) is 0 Å². The fourth-order valence-electron chi connectivity index (χ4n) is 2.54. The highest BCUT2D eigenvalue weighted by Gasteiger charge is 2.13. The van der Waals surface area contributed by atoms with Crippen LogP contribution >= 0.6 is 27.5 Å². The van der Waals surface area contributed by atoms with E-state index >= 15 is 0 Å². The van der Waals surface area contributed by atoms with Gasteiger partial charge in [0.1, 0.15) is 0 Å². The quantitative estimate of drug-likeness (QED) is 0.824. The Balaban J connectivity index is 1.82. The molecule has 0 bridgehead atoms. The number of anilines is 1. The van der Waals surface area contributed by atoms with Crippen molar-refractivity contribution in [2.24, 2.45) is 0 Å². The Morgan fingerprint density at radius 3 is 2.70 bits per heavy atom. The third-order valence-electron chi connectivity index (χ3n) is 3.48. The van der Waals surface area contributed by atoms with Crippen molar-refractivity contribution in [2.45, 2.75) is 19.3 Å². The van der Waals surface area contributed by atoms with Crippen molar-refractivity contribution < 1.29 is 4.79 Å². The third kappa shape index (κ3) is 2.89. The van der Waals surface area contributed by atoms with Crippen LogP contribution in [0.4, 0.5) is 5.69 Å². The van der Waals surface area contributed by atoms with Crippen LogP contribution in [0.1, 0.15) is 27.9 Å². The van der Waals surface area contributed by atoms with Crippen molar-refractivity contribution in [1.29, 1.82) is 0 Å². The lowest BCUT2D eigenvalue weighted by atomic mass is 10.1. The summed E-state index contributed by atoms with van der Waals surface area (Å²) in [6.07, 6.45) is 3.44. The van der Waals surface area contributed by atoms with E-state index in [0.717, 1.165) is 23.0 Å². The van der Waals surface area contributed by atoms with E-state index in [1.807, 2.05) is 6.07 Å². The summed E-state index contributed by atoms with van der Waals surface area (Å²) in [5.41, 5.74) is 4.13. The third-order valence-corrected chi connectivity index (χ3v) is 4.16. The zero-order valence-corrected chi connectivity index (χ0v) is 13.1. The van der Waals surface area contributed by atoms with E-state index < -0.39 is 0 Å². The Bertz CT molecular complexity index is 664. The largest absolute Gasteiger partial charge is 0.322 e. The average Bonchev–Trinajstić information content (AvgIpc) is 2.85. The van der Waals surface area contributed by atoms with Gasteiger partial charge < -0.3 is 5.32 Å². The topological polar surface area (TPSA) is 29.1 Å². The molecule has 1 aliphatic carbocycles. The molecule has 1 N–H and O–H groups in total. The number of hydrogen-bond acceptors (Lipinski definition) is 1. The number of nitrogens with one attached hydrogen (secondary N) is 1. The molecule has 2 nitrogen and oxygen atoms in total. The van der Waals surface area contributed by atoms with Crippen molar-refractivity contribution in [3.05, 3.63) is 62.6 Å². The molecule has 1 aliphatic rings. The lowest BCUT2D eigenvalue weighted by molar-refractivity contribution is 0.102. The van der Waals surface area contributed by atoms with Crippen LogP contribution in [0.3, 0.4) is 0 Å². The van der Waals surface area contributed by atoms with Crippen molar-refractivity contribution in [2.75, 3.05) is 5.32 Å². The van der Waals surface area contributed by atoms with Crippen LogP contribution in [0.5, 0.6) is 0 Å². The van der Waals surface area contributed by atoms with Gasteiger partial charge in [-0.3, -0.25) is 4.79 Å². The number of benzene rings is 2. The molecule has 0 atom stereocenters. The zero-order valence-electron chi connectivity index (χ0n) is 10.7. The van der Waals surface area contributed by atoms with Crippen molar-refractivity contribution in [3.8, 4) is 0 Å². The molecule has 0 saturated carbocycles. The van der Waals surface area contributed by atoms with Crippen LogP contribution in [-0.2, 0) is 12.8 Å². The fourth-order valence-corrected chi connectivity index (χ4v) is 3.40. The first-order chi connectivity index (χ1) is 9.61. The second-order valence-corrected chi connectivity index (χ2v) is 6.30. The van der Waals surface area contributed by atoms with Gasteiger partial charge in [0.25, 0.3) is 5.91 Å². The van der Waals surface area contributed by atoms with Crippen LogP contribution in [0.2, 0.25) is 5.02 Å². The second-order valence-electron chi connectivity index (χ2n) is 4.95. The summed E-state index contributed by atoms with van der Waals surface area (Å²) in [5, 5.41) is 3.46. The van der Waals surface area contributed by atoms with E-state index in [4.69, 9.17) is 11.6 Å². The number of halogens is 2. The first-order valence-corrected chi connectivity index (χ1v) is 7.68. The average molecular weight is 351 g/mol. The minimum atomic E-state index is -0.147. The molecule has 0 aliphatic heterocycles. The molecule has 0 heterocycles. The number of hydrogen-bond donors (Lipinski definition) is 1. The predicted molar refractivity (Wildman–Crippen MR) is 85.6 cm³/mol. The molecule has 0 unspecified atom stereocenters. The monoisotopic (exact) mass is 349 g/mol. The van der Waals surface area contributed by atoms with E-state index in [9.17, 15) is 4.79 Å². The molecule has 1 amide bonds. The summed E-state index contributed by atoms with van der Waals surface area (Å²) in [7, 11) is 0. The summed E-state index contributed by atoms with van der Waals surface area (Å²) in [4.78, 5) is 12.2. The van der Waals surface area contributed by atoms with Crippen LogP contribution < -0.4 is 5.32 Å². The van der Waals surface area contributed by atoms with Crippen LogP contribution in [-0.4, -0.2) is 5.91 Å². The molecular formula is C16H13BrClNO. The molecule has 0 saturated heterocycles. The van der Waals surface area contributed by atoms with Gasteiger partial charge >= 0.3 is 0 Å². The van der Waals surface area contributed by atoms with E-state index in [-0.39, 0.29) is 5.91 Å². The molecule has 2 aromatic carbocycles. The highest BCUT2D eigenvalue weighted by molar-refractivity contribution is 9.10. The van der Waals surface area contributed by atoms with Gasteiger partial charge in [-0.25, -0.2) is 0 Å².